The first-order valence-corrected chi connectivity index (χ1v) is 6.77. The predicted octanol–water partition coefficient (Wildman–Crippen LogP) is 1.97. The van der Waals surface area contributed by atoms with Crippen LogP contribution in [0.2, 0.25) is 0 Å². The summed E-state index contributed by atoms with van der Waals surface area (Å²) in [7, 11) is 0. The molecular weight excluding hydrogens is 226 g/mol. The Labute approximate surface area is 107 Å². The number of rotatable bonds is 4. The lowest BCUT2D eigenvalue weighted by atomic mass is 9.95. The summed E-state index contributed by atoms with van der Waals surface area (Å²) < 4.78 is 0. The van der Waals surface area contributed by atoms with Gasteiger partial charge in [-0.25, -0.2) is 0 Å². The average Bonchev–Trinajstić information content (AvgIpc) is 3.01. The van der Waals surface area contributed by atoms with Crippen molar-refractivity contribution in [2.24, 2.45) is 11.8 Å². The van der Waals surface area contributed by atoms with Crippen LogP contribution in [-0.4, -0.2) is 23.2 Å². The second-order valence-corrected chi connectivity index (χ2v) is 5.58. The van der Waals surface area contributed by atoms with E-state index >= 15 is 0 Å². The molecule has 2 aliphatic rings. The minimum Gasteiger partial charge on any atom is -0.371 e. The van der Waals surface area contributed by atoms with E-state index in [0.29, 0.717) is 17.5 Å². The van der Waals surface area contributed by atoms with Gasteiger partial charge in [0.1, 0.15) is 0 Å². The van der Waals surface area contributed by atoms with Crippen LogP contribution < -0.4 is 5.32 Å². The SMILES string of the molecule is O=C(c1ccccc1)C(O)NC1CC2CCC1C2. The third kappa shape index (κ3) is 2.20. The summed E-state index contributed by atoms with van der Waals surface area (Å²) in [4.78, 5) is 12.0. The Morgan fingerprint density at radius 2 is 2.00 bits per heavy atom. The van der Waals surface area contributed by atoms with E-state index in [1.807, 2.05) is 18.2 Å². The van der Waals surface area contributed by atoms with Crippen LogP contribution in [0.25, 0.3) is 0 Å². The molecule has 0 saturated heterocycles. The van der Waals surface area contributed by atoms with E-state index in [1.165, 1.54) is 19.3 Å². The van der Waals surface area contributed by atoms with Crippen molar-refractivity contribution in [1.29, 1.82) is 0 Å². The molecule has 2 fully saturated rings. The lowest BCUT2D eigenvalue weighted by molar-refractivity contribution is 0.0612. The van der Waals surface area contributed by atoms with Crippen molar-refractivity contribution in [3.05, 3.63) is 35.9 Å². The Hall–Kier alpha value is -1.19. The highest BCUT2D eigenvalue weighted by atomic mass is 16.3. The van der Waals surface area contributed by atoms with Gasteiger partial charge in [-0.2, -0.15) is 0 Å². The molecule has 1 aromatic rings. The van der Waals surface area contributed by atoms with Crippen molar-refractivity contribution in [3.8, 4) is 0 Å². The first-order valence-electron chi connectivity index (χ1n) is 6.77. The molecule has 0 amide bonds. The van der Waals surface area contributed by atoms with Gasteiger partial charge in [-0.05, 0) is 31.1 Å². The Balaban J connectivity index is 1.62. The number of aliphatic hydroxyl groups excluding tert-OH is 1. The van der Waals surface area contributed by atoms with Gasteiger partial charge in [0.2, 0.25) is 5.78 Å². The molecule has 2 bridgehead atoms. The summed E-state index contributed by atoms with van der Waals surface area (Å²) in [5.41, 5.74) is 0.570. The highest BCUT2D eigenvalue weighted by Gasteiger charge is 2.40. The fraction of sp³-hybridized carbons (Fsp3) is 0.533. The number of carbonyl (C=O) groups is 1. The number of hydrogen-bond donors (Lipinski definition) is 2. The van der Waals surface area contributed by atoms with E-state index in [2.05, 4.69) is 5.32 Å². The number of nitrogens with one attached hydrogen (secondary N) is 1. The fourth-order valence-corrected chi connectivity index (χ4v) is 3.49. The highest BCUT2D eigenvalue weighted by molar-refractivity contribution is 5.98. The van der Waals surface area contributed by atoms with Gasteiger partial charge >= 0.3 is 0 Å². The van der Waals surface area contributed by atoms with Crippen LogP contribution in [0, 0.1) is 11.8 Å². The lowest BCUT2D eigenvalue weighted by Crippen LogP contribution is -2.45. The minimum absolute atomic E-state index is 0.224. The summed E-state index contributed by atoms with van der Waals surface area (Å²) in [6.45, 7) is 0. The van der Waals surface area contributed by atoms with Crippen molar-refractivity contribution in [1.82, 2.24) is 5.32 Å². The van der Waals surface area contributed by atoms with Crippen molar-refractivity contribution < 1.29 is 9.90 Å². The Morgan fingerprint density at radius 3 is 2.61 bits per heavy atom. The summed E-state index contributed by atoms with van der Waals surface area (Å²) in [6, 6.07) is 9.32. The summed E-state index contributed by atoms with van der Waals surface area (Å²) in [5, 5.41) is 13.1. The van der Waals surface area contributed by atoms with E-state index in [0.717, 1.165) is 12.3 Å². The number of hydrogen-bond acceptors (Lipinski definition) is 3. The van der Waals surface area contributed by atoms with Crippen LogP contribution in [-0.2, 0) is 0 Å². The summed E-state index contributed by atoms with van der Waals surface area (Å²) >= 11 is 0. The quantitative estimate of drug-likeness (QED) is 0.630. The van der Waals surface area contributed by atoms with Crippen molar-refractivity contribution in [2.45, 2.75) is 38.0 Å². The van der Waals surface area contributed by atoms with Gasteiger partial charge in [0.05, 0.1) is 0 Å². The maximum absolute atomic E-state index is 12.0. The van der Waals surface area contributed by atoms with Gasteiger partial charge in [0, 0.05) is 11.6 Å². The van der Waals surface area contributed by atoms with Gasteiger partial charge < -0.3 is 5.11 Å². The number of benzene rings is 1. The monoisotopic (exact) mass is 245 g/mol. The van der Waals surface area contributed by atoms with E-state index in [9.17, 15) is 9.90 Å². The smallest absolute Gasteiger partial charge is 0.206 e. The molecule has 3 heteroatoms. The zero-order valence-electron chi connectivity index (χ0n) is 10.4. The lowest BCUT2D eigenvalue weighted by Gasteiger charge is -2.25. The number of Topliss-reactive ketones (excluding diaryl/α,β-unsaturated/α-hetero) is 1. The number of ketones is 1. The Kier molecular flexibility index (Phi) is 3.18. The average molecular weight is 245 g/mol. The van der Waals surface area contributed by atoms with Crippen LogP contribution in [0.5, 0.6) is 0 Å². The van der Waals surface area contributed by atoms with E-state index in [-0.39, 0.29) is 5.78 Å². The van der Waals surface area contributed by atoms with E-state index in [4.69, 9.17) is 0 Å². The maximum atomic E-state index is 12.0. The molecule has 3 nitrogen and oxygen atoms in total. The molecule has 2 saturated carbocycles. The molecular formula is C15H19NO2. The molecule has 0 spiro atoms. The standard InChI is InChI=1S/C15H19NO2/c17-14(11-4-2-1-3-5-11)15(18)16-13-9-10-6-7-12(13)8-10/h1-5,10,12-13,15-16,18H,6-9H2. The third-order valence-electron chi connectivity index (χ3n) is 4.42. The maximum Gasteiger partial charge on any atom is 0.206 e. The Morgan fingerprint density at radius 1 is 1.22 bits per heavy atom. The summed E-state index contributed by atoms with van der Waals surface area (Å²) in [5.74, 6) is 1.25. The molecule has 0 aliphatic heterocycles. The third-order valence-corrected chi connectivity index (χ3v) is 4.42. The molecule has 0 heterocycles. The molecule has 0 radical (unpaired) electrons. The second-order valence-electron chi connectivity index (χ2n) is 5.58. The highest BCUT2D eigenvalue weighted by Crippen LogP contribution is 2.44. The predicted molar refractivity (Wildman–Crippen MR) is 69.2 cm³/mol. The normalized spacial score (nSPS) is 31.5. The van der Waals surface area contributed by atoms with Gasteiger partial charge in [0.15, 0.2) is 6.23 Å². The van der Waals surface area contributed by atoms with Gasteiger partial charge in [-0.1, -0.05) is 36.8 Å². The van der Waals surface area contributed by atoms with E-state index < -0.39 is 6.23 Å². The Bertz CT molecular complexity index is 431. The molecule has 3 rings (SSSR count). The van der Waals surface area contributed by atoms with Crippen LogP contribution in [0.4, 0.5) is 0 Å². The molecule has 96 valence electrons. The zero-order valence-corrected chi connectivity index (χ0v) is 10.4. The van der Waals surface area contributed by atoms with Gasteiger partial charge in [-0.3, -0.25) is 10.1 Å². The first-order chi connectivity index (χ1) is 8.74. The second kappa shape index (κ2) is 4.82. The molecule has 18 heavy (non-hydrogen) atoms. The van der Waals surface area contributed by atoms with Crippen LogP contribution in [0.3, 0.4) is 0 Å². The van der Waals surface area contributed by atoms with Gasteiger partial charge in [0.25, 0.3) is 0 Å². The van der Waals surface area contributed by atoms with E-state index in [1.54, 1.807) is 12.1 Å². The minimum atomic E-state index is -1.06. The van der Waals surface area contributed by atoms with Crippen molar-refractivity contribution >= 4 is 5.78 Å². The zero-order chi connectivity index (χ0) is 12.5. The summed E-state index contributed by atoms with van der Waals surface area (Å²) in [6.07, 6.45) is 3.89. The van der Waals surface area contributed by atoms with Crippen LogP contribution >= 0.6 is 0 Å². The van der Waals surface area contributed by atoms with Crippen LogP contribution in [0.15, 0.2) is 30.3 Å². The van der Waals surface area contributed by atoms with Crippen LogP contribution in [0.1, 0.15) is 36.0 Å². The topological polar surface area (TPSA) is 49.3 Å². The molecule has 0 aromatic heterocycles. The molecule has 2 N–H and O–H groups in total. The fourth-order valence-electron chi connectivity index (χ4n) is 3.49. The number of aliphatic hydroxyl groups is 1. The first kappa shape index (κ1) is 11.9. The molecule has 1 aromatic carbocycles. The van der Waals surface area contributed by atoms with Gasteiger partial charge in [-0.15, -0.1) is 0 Å². The molecule has 4 atom stereocenters. The largest absolute Gasteiger partial charge is 0.371 e. The number of fused-ring (bicyclic) bond motifs is 2. The van der Waals surface area contributed by atoms with Crippen molar-refractivity contribution in [3.63, 3.8) is 0 Å². The number of carbonyl (C=O) groups excluding carboxylic acids is 1. The van der Waals surface area contributed by atoms with Crippen molar-refractivity contribution in [2.75, 3.05) is 0 Å². The molecule has 2 aliphatic carbocycles. The molecule has 4 unspecified atom stereocenters.